The van der Waals surface area contributed by atoms with Crippen molar-refractivity contribution in [3.05, 3.63) is 34.3 Å². The molecular formula is C14H20BrNO2. The van der Waals surface area contributed by atoms with E-state index in [2.05, 4.69) is 22.9 Å². The standard InChI is InChI=1S/C14H20BrNO2/c1-3-4-8-13(14(17)18)16(2)10-11-6-5-7-12(15)9-11/h5-7,9,13H,3-4,8,10H2,1-2H3,(H,17,18). The molecule has 3 nitrogen and oxygen atoms in total. The molecule has 1 N–H and O–H groups in total. The molecule has 1 aromatic rings. The van der Waals surface area contributed by atoms with E-state index in [1.54, 1.807) is 0 Å². The zero-order valence-electron chi connectivity index (χ0n) is 10.9. The molecule has 0 fully saturated rings. The number of aliphatic carboxylic acids is 1. The number of unbranched alkanes of at least 4 members (excludes halogenated alkanes) is 1. The summed E-state index contributed by atoms with van der Waals surface area (Å²) in [7, 11) is 1.87. The molecule has 4 heteroatoms. The van der Waals surface area contributed by atoms with E-state index in [0.29, 0.717) is 13.0 Å². The van der Waals surface area contributed by atoms with Crippen molar-refractivity contribution >= 4 is 21.9 Å². The lowest BCUT2D eigenvalue weighted by molar-refractivity contribution is -0.143. The average Bonchev–Trinajstić information content (AvgIpc) is 2.29. The van der Waals surface area contributed by atoms with E-state index in [4.69, 9.17) is 0 Å². The second-order valence-electron chi connectivity index (χ2n) is 4.54. The summed E-state index contributed by atoms with van der Waals surface area (Å²) < 4.78 is 1.02. The summed E-state index contributed by atoms with van der Waals surface area (Å²) in [5.74, 6) is -0.735. The first kappa shape index (κ1) is 15.2. The molecule has 0 saturated carbocycles. The number of nitrogens with zero attached hydrogens (tertiary/aromatic N) is 1. The number of carboxylic acids is 1. The maximum Gasteiger partial charge on any atom is 0.320 e. The molecule has 100 valence electrons. The molecule has 1 atom stereocenters. The summed E-state index contributed by atoms with van der Waals surface area (Å²) >= 11 is 3.43. The van der Waals surface area contributed by atoms with Gasteiger partial charge in [0.1, 0.15) is 6.04 Å². The summed E-state index contributed by atoms with van der Waals surface area (Å²) in [5.41, 5.74) is 1.12. The van der Waals surface area contributed by atoms with Gasteiger partial charge in [-0.2, -0.15) is 0 Å². The first-order valence-corrected chi connectivity index (χ1v) is 7.01. The van der Waals surface area contributed by atoms with Crippen LogP contribution < -0.4 is 0 Å². The first-order valence-electron chi connectivity index (χ1n) is 6.22. The summed E-state index contributed by atoms with van der Waals surface area (Å²) in [5, 5.41) is 9.25. The van der Waals surface area contributed by atoms with E-state index in [9.17, 15) is 9.90 Å². The van der Waals surface area contributed by atoms with Crippen molar-refractivity contribution in [3.63, 3.8) is 0 Å². The highest BCUT2D eigenvalue weighted by molar-refractivity contribution is 9.10. The molecule has 0 bridgehead atoms. The number of carboxylic acid groups (broad SMARTS) is 1. The van der Waals surface area contributed by atoms with Gasteiger partial charge in [0.25, 0.3) is 0 Å². The van der Waals surface area contributed by atoms with Crippen LogP contribution in [0.25, 0.3) is 0 Å². The van der Waals surface area contributed by atoms with Crippen LogP contribution in [0.15, 0.2) is 28.7 Å². The summed E-state index contributed by atoms with van der Waals surface area (Å²) in [6, 6.07) is 7.57. The van der Waals surface area contributed by atoms with Crippen molar-refractivity contribution < 1.29 is 9.90 Å². The third-order valence-corrected chi connectivity index (χ3v) is 3.46. The van der Waals surface area contributed by atoms with E-state index >= 15 is 0 Å². The Bertz CT molecular complexity index is 395. The van der Waals surface area contributed by atoms with Gasteiger partial charge >= 0.3 is 5.97 Å². The van der Waals surface area contributed by atoms with Gasteiger partial charge in [-0.3, -0.25) is 9.69 Å². The number of likely N-dealkylation sites (N-methyl/N-ethyl adjacent to an activating group) is 1. The fraction of sp³-hybridized carbons (Fsp3) is 0.500. The second kappa shape index (κ2) is 7.54. The maximum absolute atomic E-state index is 11.3. The molecule has 0 amide bonds. The molecule has 0 radical (unpaired) electrons. The van der Waals surface area contributed by atoms with Crippen LogP contribution in [0.3, 0.4) is 0 Å². The summed E-state index contributed by atoms with van der Waals surface area (Å²) in [6.07, 6.45) is 2.67. The van der Waals surface area contributed by atoms with Crippen molar-refractivity contribution in [2.45, 2.75) is 38.8 Å². The highest BCUT2D eigenvalue weighted by atomic mass is 79.9. The Balaban J connectivity index is 2.66. The van der Waals surface area contributed by atoms with E-state index in [0.717, 1.165) is 22.9 Å². The summed E-state index contributed by atoms with van der Waals surface area (Å²) in [4.78, 5) is 13.2. The molecule has 0 aliphatic carbocycles. The van der Waals surface area contributed by atoms with Crippen molar-refractivity contribution in [1.29, 1.82) is 0 Å². The molecule has 1 unspecified atom stereocenters. The predicted molar refractivity (Wildman–Crippen MR) is 76.6 cm³/mol. The van der Waals surface area contributed by atoms with Crippen molar-refractivity contribution in [2.24, 2.45) is 0 Å². The number of hydrogen-bond acceptors (Lipinski definition) is 2. The Hall–Kier alpha value is -0.870. The molecule has 1 rings (SSSR count). The predicted octanol–water partition coefficient (Wildman–Crippen LogP) is 3.52. The molecule has 0 aliphatic rings. The lowest BCUT2D eigenvalue weighted by atomic mass is 10.1. The molecule has 1 aromatic carbocycles. The van der Waals surface area contributed by atoms with Crippen LogP contribution in [-0.2, 0) is 11.3 Å². The van der Waals surface area contributed by atoms with Gasteiger partial charge in [0.05, 0.1) is 0 Å². The highest BCUT2D eigenvalue weighted by Crippen LogP contribution is 2.15. The topological polar surface area (TPSA) is 40.5 Å². The zero-order chi connectivity index (χ0) is 13.5. The Labute approximate surface area is 117 Å². The molecule has 0 aromatic heterocycles. The van der Waals surface area contributed by atoms with Gasteiger partial charge in [-0.1, -0.05) is 47.8 Å². The number of halogens is 1. The lowest BCUT2D eigenvalue weighted by Gasteiger charge is -2.24. The van der Waals surface area contributed by atoms with Crippen LogP contribution in [0.5, 0.6) is 0 Å². The largest absolute Gasteiger partial charge is 0.480 e. The number of carbonyl (C=O) groups is 1. The lowest BCUT2D eigenvalue weighted by Crippen LogP contribution is -2.37. The van der Waals surface area contributed by atoms with Gasteiger partial charge in [0.15, 0.2) is 0 Å². The minimum atomic E-state index is -0.735. The van der Waals surface area contributed by atoms with Crippen molar-refractivity contribution in [1.82, 2.24) is 4.90 Å². The fourth-order valence-electron chi connectivity index (χ4n) is 1.96. The third-order valence-electron chi connectivity index (χ3n) is 2.97. The van der Waals surface area contributed by atoms with Crippen molar-refractivity contribution in [2.75, 3.05) is 7.05 Å². The van der Waals surface area contributed by atoms with Crippen LogP contribution in [0.1, 0.15) is 31.7 Å². The molecule has 0 heterocycles. The minimum Gasteiger partial charge on any atom is -0.480 e. The molecule has 18 heavy (non-hydrogen) atoms. The van der Waals surface area contributed by atoms with Gasteiger partial charge in [-0.05, 0) is 31.2 Å². The number of benzene rings is 1. The normalized spacial score (nSPS) is 12.7. The molecule has 0 aliphatic heterocycles. The second-order valence-corrected chi connectivity index (χ2v) is 5.46. The fourth-order valence-corrected chi connectivity index (χ4v) is 2.41. The first-order chi connectivity index (χ1) is 8.54. The smallest absolute Gasteiger partial charge is 0.320 e. The number of hydrogen-bond donors (Lipinski definition) is 1. The van der Waals surface area contributed by atoms with Gasteiger partial charge in [-0.25, -0.2) is 0 Å². The Morgan fingerprint density at radius 2 is 2.22 bits per heavy atom. The van der Waals surface area contributed by atoms with Crippen LogP contribution in [0.4, 0.5) is 0 Å². The Morgan fingerprint density at radius 3 is 2.78 bits per heavy atom. The van der Waals surface area contributed by atoms with E-state index in [-0.39, 0.29) is 0 Å². The van der Waals surface area contributed by atoms with Gasteiger partial charge in [0, 0.05) is 11.0 Å². The monoisotopic (exact) mass is 313 g/mol. The third kappa shape index (κ3) is 4.78. The SMILES string of the molecule is CCCCC(C(=O)O)N(C)Cc1cccc(Br)c1. The van der Waals surface area contributed by atoms with E-state index in [1.165, 1.54) is 0 Å². The highest BCUT2D eigenvalue weighted by Gasteiger charge is 2.21. The van der Waals surface area contributed by atoms with Crippen LogP contribution >= 0.6 is 15.9 Å². The van der Waals surface area contributed by atoms with Crippen molar-refractivity contribution in [3.8, 4) is 0 Å². The van der Waals surface area contributed by atoms with Gasteiger partial charge in [0.2, 0.25) is 0 Å². The average molecular weight is 314 g/mol. The van der Waals surface area contributed by atoms with Crippen LogP contribution in [-0.4, -0.2) is 29.1 Å². The Morgan fingerprint density at radius 1 is 1.50 bits per heavy atom. The van der Waals surface area contributed by atoms with E-state index in [1.807, 2.05) is 36.2 Å². The quantitative estimate of drug-likeness (QED) is 0.837. The van der Waals surface area contributed by atoms with Gasteiger partial charge < -0.3 is 5.11 Å². The zero-order valence-corrected chi connectivity index (χ0v) is 12.5. The molecular weight excluding hydrogens is 294 g/mol. The van der Waals surface area contributed by atoms with Gasteiger partial charge in [-0.15, -0.1) is 0 Å². The summed E-state index contributed by atoms with van der Waals surface area (Å²) in [6.45, 7) is 2.73. The van der Waals surface area contributed by atoms with Crippen LogP contribution in [0, 0.1) is 0 Å². The van der Waals surface area contributed by atoms with Crippen LogP contribution in [0.2, 0.25) is 0 Å². The molecule has 0 saturated heterocycles. The minimum absolute atomic E-state index is 0.399. The Kier molecular flexibility index (Phi) is 6.36. The number of rotatable bonds is 7. The maximum atomic E-state index is 11.3. The molecule has 0 spiro atoms. The van der Waals surface area contributed by atoms with E-state index < -0.39 is 12.0 Å².